The van der Waals surface area contributed by atoms with Crippen LogP contribution in [0, 0.1) is 13.8 Å². The molecule has 1 aliphatic rings. The smallest absolute Gasteiger partial charge is 0.256 e. The van der Waals surface area contributed by atoms with Crippen LogP contribution in [-0.4, -0.2) is 57.9 Å². The van der Waals surface area contributed by atoms with Crippen molar-refractivity contribution in [2.24, 2.45) is 0 Å². The second-order valence-electron chi connectivity index (χ2n) is 10.2. The first kappa shape index (κ1) is 26.9. The van der Waals surface area contributed by atoms with Gasteiger partial charge in [0.2, 0.25) is 15.9 Å². The standard InChI is InChI=1S/C30H27N5O4S2/c1-18-13-22(14-19(2)31-18)20-7-6-8-21(15-20)25-17-40-30(32-25)33-28(36)27-11-12-34(27)29(37)24-16-35(41(3,38)39)26-10-5-4-9-23(24)26/h4-10,13-17,27H,11-12H2,1-3H3,(H,32,33,36)/t27-/m0/s1. The first-order valence-electron chi connectivity index (χ1n) is 13.0. The number of aromatic nitrogens is 3. The lowest BCUT2D eigenvalue weighted by atomic mass is 10.00. The molecule has 9 nitrogen and oxygen atoms in total. The van der Waals surface area contributed by atoms with Gasteiger partial charge in [-0.1, -0.05) is 36.4 Å². The van der Waals surface area contributed by atoms with Gasteiger partial charge in [-0.25, -0.2) is 17.4 Å². The van der Waals surface area contributed by atoms with E-state index in [0.717, 1.165) is 44.0 Å². The molecule has 0 aliphatic carbocycles. The highest BCUT2D eigenvalue weighted by Gasteiger charge is 2.39. The number of hydrogen-bond acceptors (Lipinski definition) is 7. The quantitative estimate of drug-likeness (QED) is 0.296. The van der Waals surface area contributed by atoms with Crippen molar-refractivity contribution in [1.82, 2.24) is 18.8 Å². The third kappa shape index (κ3) is 5.14. The largest absolute Gasteiger partial charge is 0.326 e. The van der Waals surface area contributed by atoms with Gasteiger partial charge in [0.15, 0.2) is 5.13 Å². The van der Waals surface area contributed by atoms with E-state index >= 15 is 0 Å². The third-order valence-electron chi connectivity index (χ3n) is 7.16. The lowest BCUT2D eigenvalue weighted by Gasteiger charge is -2.39. The molecule has 1 N–H and O–H groups in total. The number of para-hydroxylation sites is 1. The molecule has 0 spiro atoms. The van der Waals surface area contributed by atoms with Crippen LogP contribution in [0.3, 0.4) is 0 Å². The maximum atomic E-state index is 13.4. The number of nitrogens with zero attached hydrogens (tertiary/aromatic N) is 4. The van der Waals surface area contributed by atoms with Crippen molar-refractivity contribution in [3.63, 3.8) is 0 Å². The number of likely N-dealkylation sites (tertiary alicyclic amines) is 1. The molecule has 1 saturated heterocycles. The number of fused-ring (bicyclic) bond motifs is 1. The van der Waals surface area contributed by atoms with Crippen molar-refractivity contribution in [2.45, 2.75) is 26.3 Å². The van der Waals surface area contributed by atoms with E-state index in [-0.39, 0.29) is 17.4 Å². The van der Waals surface area contributed by atoms with Crippen molar-refractivity contribution >= 4 is 49.2 Å². The third-order valence-corrected chi connectivity index (χ3v) is 8.93. The van der Waals surface area contributed by atoms with E-state index < -0.39 is 16.1 Å². The average Bonchev–Trinajstić information content (AvgIpc) is 3.52. The highest BCUT2D eigenvalue weighted by atomic mass is 32.2. The Kier molecular flexibility index (Phi) is 6.71. The summed E-state index contributed by atoms with van der Waals surface area (Å²) in [6.45, 7) is 4.35. The Bertz CT molecular complexity index is 1920. The summed E-state index contributed by atoms with van der Waals surface area (Å²) >= 11 is 1.32. The summed E-state index contributed by atoms with van der Waals surface area (Å²) in [6, 6.07) is 18.3. The molecule has 5 aromatic rings. The van der Waals surface area contributed by atoms with Crippen LogP contribution < -0.4 is 5.32 Å². The number of amides is 2. The molecule has 1 fully saturated rings. The molecule has 0 radical (unpaired) electrons. The lowest BCUT2D eigenvalue weighted by Crippen LogP contribution is -2.56. The summed E-state index contributed by atoms with van der Waals surface area (Å²) in [4.78, 5) is 37.2. The van der Waals surface area contributed by atoms with E-state index in [1.807, 2.05) is 49.6 Å². The van der Waals surface area contributed by atoms with Crippen molar-refractivity contribution < 1.29 is 18.0 Å². The van der Waals surface area contributed by atoms with Gasteiger partial charge in [0.05, 0.1) is 23.0 Å². The minimum atomic E-state index is -3.61. The molecule has 0 unspecified atom stereocenters. The number of thiazole rings is 1. The van der Waals surface area contributed by atoms with Crippen LogP contribution in [0.2, 0.25) is 0 Å². The van der Waals surface area contributed by atoms with Gasteiger partial charge in [-0.2, -0.15) is 0 Å². The van der Waals surface area contributed by atoms with E-state index in [2.05, 4.69) is 21.4 Å². The second kappa shape index (κ2) is 10.2. The SMILES string of the molecule is Cc1cc(-c2cccc(-c3csc(NC(=O)[C@@H]4CCN4C(=O)c4cn(S(C)(=O)=O)c5ccccc45)n3)c2)cc(C)n1. The number of carbonyl (C=O) groups excluding carboxylic acids is 2. The number of hydrogen-bond donors (Lipinski definition) is 1. The predicted octanol–water partition coefficient (Wildman–Crippen LogP) is 5.10. The van der Waals surface area contributed by atoms with E-state index in [0.29, 0.717) is 29.0 Å². The van der Waals surface area contributed by atoms with Crippen LogP contribution in [0.4, 0.5) is 5.13 Å². The molecule has 0 bridgehead atoms. The maximum absolute atomic E-state index is 13.4. The molecule has 208 valence electrons. The molecule has 2 aromatic carbocycles. The van der Waals surface area contributed by atoms with Gasteiger partial charge in [-0.15, -0.1) is 11.3 Å². The highest BCUT2D eigenvalue weighted by Crippen LogP contribution is 2.31. The summed E-state index contributed by atoms with van der Waals surface area (Å²) in [7, 11) is -3.61. The molecule has 0 saturated carbocycles. The maximum Gasteiger partial charge on any atom is 0.256 e. The summed E-state index contributed by atoms with van der Waals surface area (Å²) in [5, 5.41) is 5.72. The van der Waals surface area contributed by atoms with E-state index in [4.69, 9.17) is 0 Å². The fraction of sp³-hybridized carbons (Fsp3) is 0.200. The van der Waals surface area contributed by atoms with Gasteiger partial charge >= 0.3 is 0 Å². The Morgan fingerprint density at radius 2 is 1.68 bits per heavy atom. The Balaban J connectivity index is 1.19. The fourth-order valence-corrected chi connectivity index (χ4v) is 6.70. The Hall–Kier alpha value is -4.35. The van der Waals surface area contributed by atoms with Crippen LogP contribution in [0.25, 0.3) is 33.3 Å². The number of nitrogens with one attached hydrogen (secondary N) is 1. The molecule has 1 aliphatic heterocycles. The fourth-order valence-electron chi connectivity index (χ4n) is 5.16. The molecule has 1 atom stereocenters. The van der Waals surface area contributed by atoms with Gasteiger partial charge in [-0.05, 0) is 55.7 Å². The number of rotatable bonds is 6. The monoisotopic (exact) mass is 585 g/mol. The van der Waals surface area contributed by atoms with E-state index in [1.165, 1.54) is 22.4 Å². The molecular formula is C30H27N5O4S2. The minimum Gasteiger partial charge on any atom is -0.326 e. The molecule has 4 heterocycles. The van der Waals surface area contributed by atoms with Crippen molar-refractivity contribution in [1.29, 1.82) is 0 Å². The highest BCUT2D eigenvalue weighted by molar-refractivity contribution is 7.89. The number of benzene rings is 2. The normalized spacial score (nSPS) is 15.1. The van der Waals surface area contributed by atoms with Crippen molar-refractivity contribution in [3.8, 4) is 22.4 Å². The van der Waals surface area contributed by atoms with E-state index in [9.17, 15) is 18.0 Å². The first-order valence-corrected chi connectivity index (χ1v) is 15.8. The minimum absolute atomic E-state index is 0.250. The molecule has 6 rings (SSSR count). The zero-order valence-corrected chi connectivity index (χ0v) is 24.3. The molecule has 41 heavy (non-hydrogen) atoms. The van der Waals surface area contributed by atoms with E-state index in [1.54, 1.807) is 24.3 Å². The van der Waals surface area contributed by atoms with Gasteiger partial charge in [0, 0.05) is 40.5 Å². The zero-order valence-electron chi connectivity index (χ0n) is 22.7. The van der Waals surface area contributed by atoms with Gasteiger partial charge < -0.3 is 10.2 Å². The second-order valence-corrected chi connectivity index (χ2v) is 12.9. The van der Waals surface area contributed by atoms with Crippen LogP contribution >= 0.6 is 11.3 Å². The zero-order chi connectivity index (χ0) is 28.9. The molecular weight excluding hydrogens is 558 g/mol. The topological polar surface area (TPSA) is 114 Å². The lowest BCUT2D eigenvalue weighted by molar-refractivity contribution is -0.123. The van der Waals surface area contributed by atoms with Crippen LogP contribution in [-0.2, 0) is 14.8 Å². The molecule has 2 amide bonds. The number of anilines is 1. The number of carbonyl (C=O) groups is 2. The molecule has 11 heteroatoms. The molecule has 3 aromatic heterocycles. The first-order chi connectivity index (χ1) is 19.6. The van der Waals surface area contributed by atoms with Crippen molar-refractivity contribution in [3.05, 3.63) is 89.2 Å². The summed E-state index contributed by atoms with van der Waals surface area (Å²) in [5.74, 6) is -0.706. The average molecular weight is 586 g/mol. The van der Waals surface area contributed by atoms with Gasteiger partial charge in [-0.3, -0.25) is 14.6 Å². The Morgan fingerprint density at radius 3 is 2.39 bits per heavy atom. The number of pyridine rings is 1. The Labute approximate surface area is 241 Å². The number of aryl methyl sites for hydroxylation is 2. The predicted molar refractivity (Wildman–Crippen MR) is 161 cm³/mol. The summed E-state index contributed by atoms with van der Waals surface area (Å²) in [5.41, 5.74) is 6.37. The van der Waals surface area contributed by atoms with Crippen LogP contribution in [0.5, 0.6) is 0 Å². The summed E-state index contributed by atoms with van der Waals surface area (Å²) in [6.07, 6.45) is 2.94. The van der Waals surface area contributed by atoms with Crippen LogP contribution in [0.1, 0.15) is 28.2 Å². The van der Waals surface area contributed by atoms with Crippen LogP contribution in [0.15, 0.2) is 72.2 Å². The van der Waals surface area contributed by atoms with Gasteiger partial charge in [0.1, 0.15) is 6.04 Å². The Morgan fingerprint density at radius 1 is 0.951 bits per heavy atom. The van der Waals surface area contributed by atoms with Crippen molar-refractivity contribution in [2.75, 3.05) is 18.1 Å². The summed E-state index contributed by atoms with van der Waals surface area (Å²) < 4.78 is 25.7. The van der Waals surface area contributed by atoms with Gasteiger partial charge in [0.25, 0.3) is 5.91 Å².